The predicted molar refractivity (Wildman–Crippen MR) is 123 cm³/mol. The molecule has 0 bridgehead atoms. The van der Waals surface area contributed by atoms with Crippen molar-refractivity contribution in [2.45, 2.75) is 19.8 Å². The first-order chi connectivity index (χ1) is 15.3. The minimum atomic E-state index is -0.715. The van der Waals surface area contributed by atoms with Crippen LogP contribution in [0, 0.1) is 5.82 Å². The summed E-state index contributed by atoms with van der Waals surface area (Å²) in [6.07, 6.45) is 4.66. The Morgan fingerprint density at radius 3 is 2.72 bits per heavy atom. The van der Waals surface area contributed by atoms with Crippen LogP contribution in [0.15, 0.2) is 59.0 Å². The van der Waals surface area contributed by atoms with Crippen molar-refractivity contribution in [1.29, 1.82) is 0 Å². The highest BCUT2D eigenvalue weighted by Crippen LogP contribution is 2.31. The molecule has 0 radical (unpaired) electrons. The molecule has 0 aliphatic heterocycles. The quantitative estimate of drug-likeness (QED) is 0.348. The molecule has 3 rings (SSSR count). The maximum absolute atomic E-state index is 14.1. The predicted octanol–water partition coefficient (Wildman–Crippen LogP) is 2.20. The van der Waals surface area contributed by atoms with Gasteiger partial charge in [0.25, 0.3) is 5.91 Å². The van der Waals surface area contributed by atoms with Gasteiger partial charge in [0.15, 0.2) is 0 Å². The fourth-order valence-corrected chi connectivity index (χ4v) is 3.43. The van der Waals surface area contributed by atoms with Crippen LogP contribution < -0.4 is 21.9 Å². The number of nitrogens with two attached hydrogens (primary N) is 3. The molecule has 9 heteroatoms. The van der Waals surface area contributed by atoms with E-state index in [4.69, 9.17) is 21.9 Å². The van der Waals surface area contributed by atoms with Crippen molar-refractivity contribution in [1.82, 2.24) is 9.38 Å². The van der Waals surface area contributed by atoms with Gasteiger partial charge in [-0.1, -0.05) is 0 Å². The minimum Gasteiger partial charge on any atom is -0.493 e. The average molecular weight is 439 g/mol. The van der Waals surface area contributed by atoms with Crippen LogP contribution in [0.4, 0.5) is 4.39 Å². The molecule has 0 atom stereocenters. The van der Waals surface area contributed by atoms with Crippen molar-refractivity contribution < 1.29 is 13.9 Å². The van der Waals surface area contributed by atoms with Crippen LogP contribution in [0.1, 0.15) is 19.0 Å². The summed E-state index contributed by atoms with van der Waals surface area (Å²) in [6, 6.07) is 8.05. The molecule has 8 nitrogen and oxygen atoms in total. The number of imidazole rings is 1. The lowest BCUT2D eigenvalue weighted by molar-refractivity contribution is -0.114. The van der Waals surface area contributed by atoms with Gasteiger partial charge in [0.1, 0.15) is 22.9 Å². The maximum Gasteiger partial charge on any atom is 0.264 e. The summed E-state index contributed by atoms with van der Waals surface area (Å²) in [6.45, 7) is 2.44. The van der Waals surface area contributed by atoms with Gasteiger partial charge in [-0.3, -0.25) is 9.79 Å². The number of ether oxygens (including phenoxy) is 1. The first-order valence-corrected chi connectivity index (χ1v) is 10.2. The van der Waals surface area contributed by atoms with Gasteiger partial charge < -0.3 is 26.3 Å². The third-order valence-electron chi connectivity index (χ3n) is 5.21. The number of halogens is 1. The number of aromatic nitrogens is 2. The number of hydrogen-bond acceptors (Lipinski definition) is 6. The zero-order valence-corrected chi connectivity index (χ0v) is 18.1. The van der Waals surface area contributed by atoms with Crippen molar-refractivity contribution in [2.24, 2.45) is 22.2 Å². The Morgan fingerprint density at radius 1 is 1.25 bits per heavy atom. The summed E-state index contributed by atoms with van der Waals surface area (Å²) in [5.41, 5.74) is 21.0. The Kier molecular flexibility index (Phi) is 7.21. The van der Waals surface area contributed by atoms with Gasteiger partial charge >= 0.3 is 0 Å². The Morgan fingerprint density at radius 2 is 2.03 bits per heavy atom. The van der Waals surface area contributed by atoms with Crippen LogP contribution in [0.25, 0.3) is 16.8 Å². The van der Waals surface area contributed by atoms with E-state index in [1.165, 1.54) is 12.1 Å². The highest BCUT2D eigenvalue weighted by molar-refractivity contribution is 6.06. The minimum absolute atomic E-state index is 0.0472. The van der Waals surface area contributed by atoms with E-state index in [1.54, 1.807) is 26.2 Å². The van der Waals surface area contributed by atoms with Crippen LogP contribution in [0.5, 0.6) is 5.75 Å². The molecule has 0 fully saturated rings. The summed E-state index contributed by atoms with van der Waals surface area (Å²) < 4.78 is 22.0. The molecule has 1 amide bonds. The number of pyridine rings is 1. The van der Waals surface area contributed by atoms with E-state index in [2.05, 4.69) is 9.98 Å². The molecule has 1 aromatic carbocycles. The fraction of sp³-hybridized carbons (Fsp3) is 0.261. The van der Waals surface area contributed by atoms with E-state index in [-0.39, 0.29) is 18.1 Å². The van der Waals surface area contributed by atoms with Gasteiger partial charge in [-0.25, -0.2) is 9.37 Å². The second kappa shape index (κ2) is 10.1. The number of benzene rings is 1. The molecule has 2 aromatic heterocycles. The number of carbonyl (C=O) groups is 1. The zero-order valence-electron chi connectivity index (χ0n) is 18.1. The highest BCUT2D eigenvalue weighted by atomic mass is 19.1. The molecule has 3 aromatic rings. The summed E-state index contributed by atoms with van der Waals surface area (Å²) in [5.74, 6) is -0.602. The third-order valence-corrected chi connectivity index (χ3v) is 5.21. The summed E-state index contributed by atoms with van der Waals surface area (Å²) in [5, 5.41) is 0. The molecule has 0 aliphatic rings. The molecule has 0 saturated carbocycles. The molecule has 0 aliphatic carbocycles. The average Bonchev–Trinajstić information content (AvgIpc) is 3.19. The van der Waals surface area contributed by atoms with Gasteiger partial charge in [0.2, 0.25) is 0 Å². The number of amides is 1. The van der Waals surface area contributed by atoms with Crippen LogP contribution in [-0.2, 0) is 11.2 Å². The van der Waals surface area contributed by atoms with Crippen molar-refractivity contribution in [2.75, 3.05) is 20.2 Å². The Bertz CT molecular complexity index is 1200. The van der Waals surface area contributed by atoms with E-state index in [1.807, 2.05) is 22.7 Å². The second-order valence-corrected chi connectivity index (χ2v) is 7.24. The van der Waals surface area contributed by atoms with Crippen molar-refractivity contribution in [3.8, 4) is 16.9 Å². The number of aliphatic imine (C=N–C) groups is 1. The van der Waals surface area contributed by atoms with E-state index in [9.17, 15) is 9.18 Å². The Balaban J connectivity index is 1.91. The molecule has 168 valence electrons. The Hall–Kier alpha value is -3.72. The maximum atomic E-state index is 14.1. The standard InChI is InChI=1S/C23H27FN6O2/c1-14(28-2)18(22(26)23(27)31)8-10-32-20-5-4-16(24)11-19(20)15-3-6-21-29-12-17(7-9-25)30(21)13-15/h3-6,11-13H,7-10,25-26H2,1-2H3,(H2,27,31). The number of primary amides is 1. The van der Waals surface area contributed by atoms with Crippen LogP contribution in [0.2, 0.25) is 0 Å². The monoisotopic (exact) mass is 438 g/mol. The number of fused-ring (bicyclic) bond motifs is 1. The van der Waals surface area contributed by atoms with E-state index < -0.39 is 5.91 Å². The van der Waals surface area contributed by atoms with Gasteiger partial charge in [-0.15, -0.1) is 0 Å². The van der Waals surface area contributed by atoms with Crippen molar-refractivity contribution in [3.05, 3.63) is 65.5 Å². The first-order valence-electron chi connectivity index (χ1n) is 10.2. The van der Waals surface area contributed by atoms with Crippen molar-refractivity contribution in [3.63, 3.8) is 0 Å². The molecule has 0 unspecified atom stereocenters. The van der Waals surface area contributed by atoms with Gasteiger partial charge in [-0.2, -0.15) is 0 Å². The zero-order chi connectivity index (χ0) is 23.3. The van der Waals surface area contributed by atoms with Gasteiger partial charge in [0.05, 0.1) is 6.61 Å². The SMILES string of the molecule is CN=C(C)C(CCOc1ccc(F)cc1-c1ccc2ncc(CCN)n2c1)=C(N)C(N)=O. The number of nitrogens with zero attached hydrogens (tertiary/aromatic N) is 3. The first kappa shape index (κ1) is 23.0. The fourth-order valence-electron chi connectivity index (χ4n) is 3.43. The van der Waals surface area contributed by atoms with E-state index in [0.29, 0.717) is 42.0 Å². The summed E-state index contributed by atoms with van der Waals surface area (Å²) in [4.78, 5) is 20.0. The normalized spacial score (nSPS) is 12.7. The van der Waals surface area contributed by atoms with Gasteiger partial charge in [-0.05, 0) is 43.8 Å². The van der Waals surface area contributed by atoms with E-state index in [0.717, 1.165) is 16.9 Å². The molecule has 32 heavy (non-hydrogen) atoms. The highest BCUT2D eigenvalue weighted by Gasteiger charge is 2.14. The lowest BCUT2D eigenvalue weighted by Gasteiger charge is -2.14. The second-order valence-electron chi connectivity index (χ2n) is 7.24. The van der Waals surface area contributed by atoms with E-state index >= 15 is 0 Å². The summed E-state index contributed by atoms with van der Waals surface area (Å²) >= 11 is 0. The van der Waals surface area contributed by atoms with Crippen molar-refractivity contribution >= 4 is 17.3 Å². The number of rotatable bonds is 9. The molecule has 6 N–H and O–H groups in total. The van der Waals surface area contributed by atoms with Crippen LogP contribution in [0.3, 0.4) is 0 Å². The molecular formula is C23H27FN6O2. The topological polar surface area (TPSA) is 134 Å². The smallest absolute Gasteiger partial charge is 0.264 e. The molecular weight excluding hydrogens is 411 g/mol. The van der Waals surface area contributed by atoms with Crippen LogP contribution >= 0.6 is 0 Å². The third kappa shape index (κ3) is 4.94. The van der Waals surface area contributed by atoms with Gasteiger partial charge in [0, 0.05) is 60.4 Å². The Labute approximate surface area is 185 Å². The lowest BCUT2D eigenvalue weighted by atomic mass is 10.0. The lowest BCUT2D eigenvalue weighted by Crippen LogP contribution is -2.25. The van der Waals surface area contributed by atoms with Crippen LogP contribution in [-0.4, -0.2) is 41.2 Å². The molecule has 2 heterocycles. The number of carbonyl (C=O) groups excluding carboxylic acids is 1. The number of hydrogen-bond donors (Lipinski definition) is 3. The largest absolute Gasteiger partial charge is 0.493 e. The molecule has 0 spiro atoms. The summed E-state index contributed by atoms with van der Waals surface area (Å²) in [7, 11) is 1.60. The molecule has 0 saturated heterocycles.